The highest BCUT2D eigenvalue weighted by Gasteiger charge is 2.46. The van der Waals surface area contributed by atoms with Gasteiger partial charge in [-0.2, -0.15) is 5.10 Å². The second-order valence-electron chi connectivity index (χ2n) is 7.12. The Labute approximate surface area is 147 Å². The summed E-state index contributed by atoms with van der Waals surface area (Å²) in [5, 5.41) is 4.10. The van der Waals surface area contributed by atoms with E-state index in [9.17, 15) is 4.79 Å². The molecule has 2 aromatic rings. The zero-order chi connectivity index (χ0) is 17.3. The number of aryl methyl sites for hydroxylation is 1. The molecule has 7 nitrogen and oxygen atoms in total. The van der Waals surface area contributed by atoms with E-state index in [0.29, 0.717) is 5.56 Å². The average Bonchev–Trinajstić information content (AvgIpc) is 3.23. The van der Waals surface area contributed by atoms with Crippen molar-refractivity contribution in [3.8, 4) is 0 Å². The number of rotatable bonds is 3. The van der Waals surface area contributed by atoms with E-state index < -0.39 is 0 Å². The first-order chi connectivity index (χ1) is 12.2. The molecule has 0 radical (unpaired) electrons. The van der Waals surface area contributed by atoms with Gasteiger partial charge >= 0.3 is 0 Å². The zero-order valence-corrected chi connectivity index (χ0v) is 14.5. The number of piperidine rings is 1. The first-order valence-electron chi connectivity index (χ1n) is 8.80. The average molecular weight is 341 g/mol. The zero-order valence-electron chi connectivity index (χ0n) is 14.5. The molecule has 0 aliphatic carbocycles. The lowest BCUT2D eigenvalue weighted by atomic mass is 9.71. The number of nitrogens with zero attached hydrogens (tertiary/aromatic N) is 5. The van der Waals surface area contributed by atoms with Crippen molar-refractivity contribution >= 4 is 5.91 Å². The molecule has 2 saturated heterocycles. The van der Waals surface area contributed by atoms with Gasteiger partial charge in [-0.05, 0) is 24.8 Å². The lowest BCUT2D eigenvalue weighted by Gasteiger charge is -2.42. The molecule has 2 aliphatic heterocycles. The highest BCUT2D eigenvalue weighted by Crippen LogP contribution is 2.45. The fraction of sp³-hybridized carbons (Fsp3) is 0.556. The number of carbonyl (C=O) groups excluding carboxylic acids is 1. The van der Waals surface area contributed by atoms with E-state index >= 15 is 0 Å². The van der Waals surface area contributed by atoms with Crippen LogP contribution in [0.5, 0.6) is 0 Å². The highest BCUT2D eigenvalue weighted by molar-refractivity contribution is 5.93. The summed E-state index contributed by atoms with van der Waals surface area (Å²) in [6, 6.07) is 0. The molecule has 1 spiro atoms. The van der Waals surface area contributed by atoms with Crippen molar-refractivity contribution in [3.05, 3.63) is 42.2 Å². The Morgan fingerprint density at radius 2 is 2.00 bits per heavy atom. The monoisotopic (exact) mass is 341 g/mol. The fourth-order valence-corrected chi connectivity index (χ4v) is 4.11. The second kappa shape index (κ2) is 6.55. The third-order valence-corrected chi connectivity index (χ3v) is 5.64. The molecule has 25 heavy (non-hydrogen) atoms. The van der Waals surface area contributed by atoms with Crippen molar-refractivity contribution in [3.63, 3.8) is 0 Å². The van der Waals surface area contributed by atoms with Gasteiger partial charge in [0.25, 0.3) is 5.91 Å². The Morgan fingerprint density at radius 3 is 2.68 bits per heavy atom. The lowest BCUT2D eigenvalue weighted by molar-refractivity contribution is 0.00976. The van der Waals surface area contributed by atoms with Crippen LogP contribution in [0.4, 0.5) is 0 Å². The van der Waals surface area contributed by atoms with Crippen molar-refractivity contribution in [1.82, 2.24) is 24.6 Å². The topological polar surface area (TPSA) is 73.1 Å². The summed E-state index contributed by atoms with van der Waals surface area (Å²) in [5.74, 6) is 0.0786. The van der Waals surface area contributed by atoms with Crippen LogP contribution >= 0.6 is 0 Å². The van der Waals surface area contributed by atoms with Gasteiger partial charge in [0.15, 0.2) is 0 Å². The number of hydrogen-bond donors (Lipinski definition) is 0. The lowest BCUT2D eigenvalue weighted by Crippen LogP contribution is -2.46. The Balaban J connectivity index is 1.42. The predicted molar refractivity (Wildman–Crippen MR) is 90.9 cm³/mol. The van der Waals surface area contributed by atoms with E-state index in [1.165, 1.54) is 0 Å². The molecule has 0 aromatic carbocycles. The van der Waals surface area contributed by atoms with E-state index in [1.807, 2.05) is 24.3 Å². The van der Waals surface area contributed by atoms with Gasteiger partial charge in [0, 0.05) is 57.2 Å². The maximum Gasteiger partial charge on any atom is 0.257 e. The molecule has 0 unspecified atom stereocenters. The minimum Gasteiger partial charge on any atom is -0.377 e. The third kappa shape index (κ3) is 3.16. The summed E-state index contributed by atoms with van der Waals surface area (Å²) >= 11 is 0. The predicted octanol–water partition coefficient (Wildman–Crippen LogP) is 1.46. The number of likely N-dealkylation sites (tertiary alicyclic amines) is 1. The first-order valence-corrected chi connectivity index (χ1v) is 8.80. The summed E-state index contributed by atoms with van der Waals surface area (Å²) in [6.45, 7) is 2.35. The van der Waals surface area contributed by atoms with Crippen LogP contribution in [0.1, 0.15) is 35.2 Å². The molecule has 1 amide bonds. The van der Waals surface area contributed by atoms with E-state index in [-0.39, 0.29) is 17.4 Å². The van der Waals surface area contributed by atoms with Gasteiger partial charge in [-0.25, -0.2) is 9.97 Å². The molecule has 4 heterocycles. The Morgan fingerprint density at radius 1 is 1.24 bits per heavy atom. The summed E-state index contributed by atoms with van der Waals surface area (Å²) in [7, 11) is 1.83. The van der Waals surface area contributed by atoms with E-state index in [4.69, 9.17) is 4.74 Å². The van der Waals surface area contributed by atoms with Gasteiger partial charge in [0.1, 0.15) is 6.33 Å². The molecule has 1 atom stereocenters. The summed E-state index contributed by atoms with van der Waals surface area (Å²) < 4.78 is 7.73. The minimum atomic E-state index is 0.0786. The van der Waals surface area contributed by atoms with E-state index in [2.05, 4.69) is 15.1 Å². The number of carbonyl (C=O) groups is 1. The molecule has 2 aromatic heterocycles. The van der Waals surface area contributed by atoms with Crippen molar-refractivity contribution in [2.45, 2.75) is 31.8 Å². The third-order valence-electron chi connectivity index (χ3n) is 5.64. The maximum absolute atomic E-state index is 12.6. The SMILES string of the molecule is Cn1cc(C(=O)N2CCC3(CCO[C@@H]3Cc3cncnc3)CC2)cn1. The van der Waals surface area contributed by atoms with Gasteiger partial charge in [-0.3, -0.25) is 9.48 Å². The first kappa shape index (κ1) is 16.2. The number of aromatic nitrogens is 4. The molecule has 132 valence electrons. The van der Waals surface area contributed by atoms with Crippen LogP contribution in [-0.2, 0) is 18.2 Å². The van der Waals surface area contributed by atoms with Crippen LogP contribution in [-0.4, -0.2) is 56.4 Å². The molecule has 4 rings (SSSR count). The van der Waals surface area contributed by atoms with Gasteiger partial charge in [-0.1, -0.05) is 0 Å². The van der Waals surface area contributed by atoms with Crippen LogP contribution in [0.2, 0.25) is 0 Å². The van der Waals surface area contributed by atoms with Crippen molar-refractivity contribution < 1.29 is 9.53 Å². The molecular formula is C18H23N5O2. The Bertz CT molecular complexity index is 737. The van der Waals surface area contributed by atoms with Gasteiger partial charge in [0.05, 0.1) is 17.9 Å². The highest BCUT2D eigenvalue weighted by atomic mass is 16.5. The molecule has 2 aliphatic rings. The second-order valence-corrected chi connectivity index (χ2v) is 7.12. The summed E-state index contributed by atoms with van der Waals surface area (Å²) in [5.41, 5.74) is 1.95. The van der Waals surface area contributed by atoms with E-state index in [1.54, 1.807) is 23.4 Å². The number of hydrogen-bond acceptors (Lipinski definition) is 5. The van der Waals surface area contributed by atoms with Crippen LogP contribution in [0.25, 0.3) is 0 Å². The number of amides is 1. The Kier molecular flexibility index (Phi) is 4.25. The standard InChI is InChI=1S/C18H23N5O2/c1-22-12-15(11-21-22)17(24)23-5-2-18(3-6-23)4-7-25-16(18)8-14-9-19-13-20-10-14/h9-13,16H,2-8H2,1H3/t16-/m1/s1. The van der Waals surface area contributed by atoms with Crippen LogP contribution < -0.4 is 0 Å². The van der Waals surface area contributed by atoms with Gasteiger partial charge in [-0.15, -0.1) is 0 Å². The molecule has 0 N–H and O–H groups in total. The molecule has 7 heteroatoms. The quantitative estimate of drug-likeness (QED) is 0.845. The molecule has 0 bridgehead atoms. The smallest absolute Gasteiger partial charge is 0.257 e. The maximum atomic E-state index is 12.6. The van der Waals surface area contributed by atoms with Crippen LogP contribution in [0.3, 0.4) is 0 Å². The molecule has 0 saturated carbocycles. The van der Waals surface area contributed by atoms with Gasteiger partial charge in [0.2, 0.25) is 0 Å². The van der Waals surface area contributed by atoms with Gasteiger partial charge < -0.3 is 9.64 Å². The van der Waals surface area contributed by atoms with Crippen LogP contribution in [0.15, 0.2) is 31.1 Å². The Hall–Kier alpha value is -2.28. The van der Waals surface area contributed by atoms with Crippen molar-refractivity contribution in [1.29, 1.82) is 0 Å². The van der Waals surface area contributed by atoms with Crippen LogP contribution in [0, 0.1) is 5.41 Å². The molecule has 2 fully saturated rings. The number of ether oxygens (including phenoxy) is 1. The van der Waals surface area contributed by atoms with Crippen molar-refractivity contribution in [2.75, 3.05) is 19.7 Å². The normalized spacial score (nSPS) is 22.4. The van der Waals surface area contributed by atoms with Crippen molar-refractivity contribution in [2.24, 2.45) is 12.5 Å². The summed E-state index contributed by atoms with van der Waals surface area (Å²) in [4.78, 5) is 22.8. The fourth-order valence-electron chi connectivity index (χ4n) is 4.11. The molecular weight excluding hydrogens is 318 g/mol. The van der Waals surface area contributed by atoms with E-state index in [0.717, 1.165) is 50.9 Å². The largest absolute Gasteiger partial charge is 0.377 e. The minimum absolute atomic E-state index is 0.0786. The summed E-state index contributed by atoms with van der Waals surface area (Å²) in [6.07, 6.45) is 12.8.